The Bertz CT molecular complexity index is 1190. The molecule has 11 heteroatoms. The molecule has 160 valence electrons. The number of rotatable bonds is 7. The summed E-state index contributed by atoms with van der Waals surface area (Å²) in [6, 6.07) is 3.13. The van der Waals surface area contributed by atoms with E-state index in [1.54, 1.807) is 12.1 Å². The second-order valence-corrected chi connectivity index (χ2v) is 7.44. The Morgan fingerprint density at radius 1 is 1.16 bits per heavy atom. The van der Waals surface area contributed by atoms with Gasteiger partial charge >= 0.3 is 0 Å². The number of aromatic amines is 1. The molecule has 2 amide bonds. The van der Waals surface area contributed by atoms with E-state index in [1.165, 1.54) is 34.0 Å². The molecule has 0 aromatic carbocycles. The standard InChI is InChI=1S/C20H19N5O4S2/c1-3-9-24-17(28)13(15(26)22-19(24)30)12(11-5-7-21-8-6-11)14-16(27)23-20(31)25(10-4-2)18(14)29/h3-8,12-13,29H,1-2,9-10H2,(H,22,26,30)(H,23,27,31)/t12-,13+/m0/s1. The summed E-state index contributed by atoms with van der Waals surface area (Å²) in [5.74, 6) is -4.28. The van der Waals surface area contributed by atoms with E-state index in [0.29, 0.717) is 5.56 Å². The molecular weight excluding hydrogens is 438 g/mol. The number of thiocarbonyl (C=S) groups is 1. The summed E-state index contributed by atoms with van der Waals surface area (Å²) in [4.78, 5) is 46.8. The quantitative estimate of drug-likeness (QED) is 0.326. The molecule has 9 nitrogen and oxygen atoms in total. The van der Waals surface area contributed by atoms with Gasteiger partial charge in [-0.1, -0.05) is 12.2 Å². The summed E-state index contributed by atoms with van der Waals surface area (Å²) in [7, 11) is 0. The van der Waals surface area contributed by atoms with Gasteiger partial charge in [0.2, 0.25) is 17.7 Å². The molecule has 1 saturated heterocycles. The van der Waals surface area contributed by atoms with Crippen molar-refractivity contribution in [2.45, 2.75) is 12.5 Å². The smallest absolute Gasteiger partial charge is 0.259 e. The molecular formula is C20H19N5O4S2. The molecule has 0 radical (unpaired) electrons. The topological polar surface area (TPSA) is 120 Å². The van der Waals surface area contributed by atoms with Crippen LogP contribution in [-0.2, 0) is 16.1 Å². The van der Waals surface area contributed by atoms with E-state index in [0.717, 1.165) is 0 Å². The van der Waals surface area contributed by atoms with Crippen LogP contribution in [0.3, 0.4) is 0 Å². The van der Waals surface area contributed by atoms with Crippen molar-refractivity contribution >= 4 is 41.4 Å². The summed E-state index contributed by atoms with van der Waals surface area (Å²) in [6.07, 6.45) is 5.88. The second-order valence-electron chi connectivity index (χ2n) is 6.66. The first-order chi connectivity index (χ1) is 14.8. The fraction of sp³-hybridized carbons (Fsp3) is 0.200. The second kappa shape index (κ2) is 9.14. The zero-order chi connectivity index (χ0) is 22.7. The summed E-state index contributed by atoms with van der Waals surface area (Å²) in [5.41, 5.74) is -0.465. The maximum atomic E-state index is 13.3. The van der Waals surface area contributed by atoms with Gasteiger partial charge in [-0.05, 0) is 42.1 Å². The third-order valence-electron chi connectivity index (χ3n) is 4.83. The number of H-pyrrole nitrogens is 1. The van der Waals surface area contributed by atoms with Crippen LogP contribution in [0.2, 0.25) is 0 Å². The van der Waals surface area contributed by atoms with Crippen LogP contribution in [0.5, 0.6) is 5.88 Å². The first-order valence-electron chi connectivity index (χ1n) is 9.15. The van der Waals surface area contributed by atoms with Crippen molar-refractivity contribution in [1.29, 1.82) is 0 Å². The molecule has 2 atom stereocenters. The lowest BCUT2D eigenvalue weighted by Crippen LogP contribution is -2.59. The van der Waals surface area contributed by atoms with Crippen molar-refractivity contribution in [3.8, 4) is 5.88 Å². The van der Waals surface area contributed by atoms with E-state index < -0.39 is 35.1 Å². The van der Waals surface area contributed by atoms with Crippen molar-refractivity contribution < 1.29 is 14.7 Å². The van der Waals surface area contributed by atoms with Gasteiger partial charge in [-0.3, -0.25) is 33.8 Å². The average Bonchev–Trinajstić information content (AvgIpc) is 2.73. The number of hydrogen-bond acceptors (Lipinski definition) is 7. The predicted molar refractivity (Wildman–Crippen MR) is 120 cm³/mol. The number of aromatic hydroxyl groups is 1. The van der Waals surface area contributed by atoms with Crippen LogP contribution < -0.4 is 10.9 Å². The summed E-state index contributed by atoms with van der Waals surface area (Å²) >= 11 is 10.2. The van der Waals surface area contributed by atoms with Gasteiger partial charge in [0.15, 0.2) is 9.88 Å². The normalized spacial score (nSPS) is 17.2. The van der Waals surface area contributed by atoms with E-state index >= 15 is 0 Å². The van der Waals surface area contributed by atoms with Crippen LogP contribution in [0.4, 0.5) is 0 Å². The van der Waals surface area contributed by atoms with Crippen molar-refractivity contribution in [1.82, 2.24) is 24.8 Å². The summed E-state index contributed by atoms with van der Waals surface area (Å²) < 4.78 is 1.23. The van der Waals surface area contributed by atoms with Gasteiger partial charge < -0.3 is 10.4 Å². The minimum Gasteiger partial charge on any atom is -0.494 e. The molecule has 3 N–H and O–H groups in total. The highest BCUT2D eigenvalue weighted by molar-refractivity contribution is 7.80. The van der Waals surface area contributed by atoms with Crippen molar-refractivity contribution in [3.05, 3.63) is 76.1 Å². The number of nitrogens with zero attached hydrogens (tertiary/aromatic N) is 3. The Labute approximate surface area is 187 Å². The lowest BCUT2D eigenvalue weighted by molar-refractivity contribution is -0.141. The first kappa shape index (κ1) is 22.2. The van der Waals surface area contributed by atoms with Crippen LogP contribution in [0.1, 0.15) is 17.0 Å². The molecule has 1 aliphatic rings. The molecule has 31 heavy (non-hydrogen) atoms. The highest BCUT2D eigenvalue weighted by Gasteiger charge is 2.46. The Balaban J connectivity index is 2.29. The molecule has 0 saturated carbocycles. The number of aromatic nitrogens is 3. The largest absolute Gasteiger partial charge is 0.494 e. The van der Waals surface area contributed by atoms with Gasteiger partial charge in [0.05, 0.1) is 5.56 Å². The molecule has 0 bridgehead atoms. The van der Waals surface area contributed by atoms with Crippen molar-refractivity contribution in [3.63, 3.8) is 0 Å². The minimum atomic E-state index is -1.38. The number of hydrogen-bond donors (Lipinski definition) is 3. The molecule has 2 aromatic heterocycles. The number of pyridine rings is 1. The third-order valence-corrected chi connectivity index (χ3v) is 5.47. The average molecular weight is 458 g/mol. The zero-order valence-corrected chi connectivity index (χ0v) is 17.9. The number of allylic oxidation sites excluding steroid dienone is 1. The fourth-order valence-corrected chi connectivity index (χ4v) is 4.00. The molecule has 0 spiro atoms. The molecule has 3 rings (SSSR count). The van der Waals surface area contributed by atoms with Crippen LogP contribution in [-0.4, -0.2) is 48.0 Å². The third kappa shape index (κ3) is 4.09. The van der Waals surface area contributed by atoms with Gasteiger partial charge in [0, 0.05) is 31.4 Å². The Morgan fingerprint density at radius 3 is 2.42 bits per heavy atom. The molecule has 3 heterocycles. The van der Waals surface area contributed by atoms with Gasteiger partial charge in [-0.2, -0.15) is 0 Å². The van der Waals surface area contributed by atoms with Crippen LogP contribution in [0.15, 0.2) is 54.6 Å². The van der Waals surface area contributed by atoms with E-state index in [1.807, 2.05) is 0 Å². The Kier molecular flexibility index (Phi) is 6.56. The van der Waals surface area contributed by atoms with E-state index in [-0.39, 0.29) is 28.5 Å². The highest BCUT2D eigenvalue weighted by atomic mass is 32.1. The van der Waals surface area contributed by atoms with Gasteiger partial charge in [0.25, 0.3) is 5.56 Å². The number of nitrogens with one attached hydrogen (secondary N) is 2. The van der Waals surface area contributed by atoms with Crippen LogP contribution >= 0.6 is 24.4 Å². The highest BCUT2D eigenvalue weighted by Crippen LogP contribution is 2.37. The first-order valence-corrected chi connectivity index (χ1v) is 9.97. The lowest BCUT2D eigenvalue weighted by atomic mass is 9.79. The monoisotopic (exact) mass is 457 g/mol. The molecule has 1 fully saturated rings. The fourth-order valence-electron chi connectivity index (χ4n) is 3.48. The summed E-state index contributed by atoms with van der Waals surface area (Å²) in [6.45, 7) is 7.40. The molecule has 2 aromatic rings. The van der Waals surface area contributed by atoms with Crippen molar-refractivity contribution in [2.75, 3.05) is 6.54 Å². The predicted octanol–water partition coefficient (Wildman–Crippen LogP) is 1.37. The molecule has 1 aliphatic heterocycles. The van der Waals surface area contributed by atoms with E-state index in [2.05, 4.69) is 28.4 Å². The minimum absolute atomic E-state index is 0.0199. The van der Waals surface area contributed by atoms with Gasteiger partial charge in [0.1, 0.15) is 5.92 Å². The number of amides is 2. The molecule has 0 unspecified atom stereocenters. The van der Waals surface area contributed by atoms with Gasteiger partial charge in [-0.15, -0.1) is 13.2 Å². The zero-order valence-electron chi connectivity index (χ0n) is 16.3. The summed E-state index contributed by atoms with van der Waals surface area (Å²) in [5, 5.41) is 13.4. The van der Waals surface area contributed by atoms with Crippen molar-refractivity contribution in [2.24, 2.45) is 5.92 Å². The maximum Gasteiger partial charge on any atom is 0.259 e. The molecule has 0 aliphatic carbocycles. The lowest BCUT2D eigenvalue weighted by Gasteiger charge is -2.35. The Hall–Kier alpha value is -3.44. The maximum absolute atomic E-state index is 13.3. The van der Waals surface area contributed by atoms with Crippen LogP contribution in [0.25, 0.3) is 0 Å². The Morgan fingerprint density at radius 2 is 1.81 bits per heavy atom. The van der Waals surface area contributed by atoms with E-state index in [4.69, 9.17) is 24.4 Å². The van der Waals surface area contributed by atoms with Gasteiger partial charge in [-0.25, -0.2) is 0 Å². The number of carbonyl (C=O) groups is 2. The SMILES string of the molecule is C=CCN1C(=O)[C@H]([C@H](c2ccncc2)c2c(O)n(CC=C)c(=S)[nH]c2=O)C(=O)NC1=S. The van der Waals surface area contributed by atoms with E-state index in [9.17, 15) is 19.5 Å². The van der Waals surface area contributed by atoms with Crippen LogP contribution in [0, 0.1) is 10.7 Å². The number of carbonyl (C=O) groups excluding carboxylic acids is 2.